The second-order valence-electron chi connectivity index (χ2n) is 6.81. The lowest BCUT2D eigenvalue weighted by Gasteiger charge is -2.16. The summed E-state index contributed by atoms with van der Waals surface area (Å²) in [6.45, 7) is 5.36. The minimum Gasteiger partial charge on any atom is -0.479 e. The van der Waals surface area contributed by atoms with Crippen LogP contribution in [-0.2, 0) is 9.53 Å². The molecule has 1 atom stereocenters. The van der Waals surface area contributed by atoms with E-state index >= 15 is 0 Å². The standard InChI is InChI=1S/C24H25NO4/c1-4-23(29-20-13-9-6-10-14-20)24(27)28-16-22(26)21-15-17(2)25(18(21)3)19-11-7-5-8-12-19/h5-15,23H,4,16H2,1-3H3/t23-/m1/s1. The minimum absolute atomic E-state index is 0.233. The molecule has 2 aromatic carbocycles. The SMILES string of the molecule is CC[C@@H](Oc1ccccc1)C(=O)OCC(=O)c1cc(C)n(-c2ccccc2)c1C. The van der Waals surface area contributed by atoms with Crippen molar-refractivity contribution in [3.8, 4) is 11.4 Å². The first kappa shape index (κ1) is 20.4. The number of aryl methyl sites for hydroxylation is 1. The molecule has 0 amide bonds. The molecule has 0 aliphatic rings. The molecule has 5 heteroatoms. The first-order valence-corrected chi connectivity index (χ1v) is 9.67. The Morgan fingerprint density at radius 1 is 0.966 bits per heavy atom. The number of rotatable bonds is 8. The average Bonchev–Trinajstić information content (AvgIpc) is 3.05. The number of para-hydroxylation sites is 2. The van der Waals surface area contributed by atoms with E-state index in [1.165, 1.54) is 0 Å². The highest BCUT2D eigenvalue weighted by Gasteiger charge is 2.23. The lowest BCUT2D eigenvalue weighted by molar-refractivity contribution is -0.150. The van der Waals surface area contributed by atoms with Gasteiger partial charge in [0.05, 0.1) is 0 Å². The Morgan fingerprint density at radius 2 is 1.59 bits per heavy atom. The van der Waals surface area contributed by atoms with E-state index in [9.17, 15) is 9.59 Å². The van der Waals surface area contributed by atoms with Crippen LogP contribution < -0.4 is 4.74 Å². The molecule has 1 heterocycles. The Morgan fingerprint density at radius 3 is 2.21 bits per heavy atom. The summed E-state index contributed by atoms with van der Waals surface area (Å²) in [5, 5.41) is 0. The number of ether oxygens (including phenoxy) is 2. The fourth-order valence-electron chi connectivity index (χ4n) is 3.29. The van der Waals surface area contributed by atoms with Crippen LogP contribution in [-0.4, -0.2) is 29.0 Å². The first-order valence-electron chi connectivity index (χ1n) is 9.67. The van der Waals surface area contributed by atoms with Crippen LogP contribution in [0.15, 0.2) is 66.7 Å². The van der Waals surface area contributed by atoms with Crippen LogP contribution in [0, 0.1) is 13.8 Å². The van der Waals surface area contributed by atoms with Crippen molar-refractivity contribution in [3.05, 3.63) is 83.7 Å². The van der Waals surface area contributed by atoms with E-state index in [0.29, 0.717) is 17.7 Å². The number of nitrogens with zero attached hydrogens (tertiary/aromatic N) is 1. The van der Waals surface area contributed by atoms with Gasteiger partial charge < -0.3 is 14.0 Å². The van der Waals surface area contributed by atoms with Crippen LogP contribution in [0.25, 0.3) is 5.69 Å². The van der Waals surface area contributed by atoms with Crippen molar-refractivity contribution in [1.29, 1.82) is 0 Å². The Hall–Kier alpha value is -3.34. The van der Waals surface area contributed by atoms with Crippen LogP contribution in [0.4, 0.5) is 0 Å². The van der Waals surface area contributed by atoms with E-state index in [1.54, 1.807) is 12.1 Å². The summed E-state index contributed by atoms with van der Waals surface area (Å²) in [4.78, 5) is 25.1. The number of hydrogen-bond acceptors (Lipinski definition) is 4. The predicted octanol–water partition coefficient (Wildman–Crippen LogP) is 4.68. The van der Waals surface area contributed by atoms with Crippen molar-refractivity contribution >= 4 is 11.8 Å². The lowest BCUT2D eigenvalue weighted by atomic mass is 10.1. The number of carbonyl (C=O) groups is 2. The molecule has 0 unspecified atom stereocenters. The molecule has 150 valence electrons. The summed E-state index contributed by atoms with van der Waals surface area (Å²) >= 11 is 0. The van der Waals surface area contributed by atoms with E-state index in [2.05, 4.69) is 0 Å². The maximum Gasteiger partial charge on any atom is 0.347 e. The van der Waals surface area contributed by atoms with E-state index in [1.807, 2.05) is 79.9 Å². The summed E-state index contributed by atoms with van der Waals surface area (Å²) in [5.74, 6) is -0.182. The zero-order chi connectivity index (χ0) is 20.8. The van der Waals surface area contributed by atoms with Gasteiger partial charge in [0.2, 0.25) is 5.78 Å². The monoisotopic (exact) mass is 391 g/mol. The highest BCUT2D eigenvalue weighted by Crippen LogP contribution is 2.21. The van der Waals surface area contributed by atoms with Gasteiger partial charge in [-0.25, -0.2) is 4.79 Å². The summed E-state index contributed by atoms with van der Waals surface area (Å²) in [7, 11) is 0. The summed E-state index contributed by atoms with van der Waals surface area (Å²) < 4.78 is 13.0. The van der Waals surface area contributed by atoms with Crippen molar-refractivity contribution < 1.29 is 19.1 Å². The molecule has 5 nitrogen and oxygen atoms in total. The molecule has 0 N–H and O–H groups in total. The van der Waals surface area contributed by atoms with Gasteiger partial charge in [-0.05, 0) is 50.6 Å². The highest BCUT2D eigenvalue weighted by molar-refractivity contribution is 5.99. The zero-order valence-corrected chi connectivity index (χ0v) is 16.9. The Balaban J connectivity index is 1.67. The van der Waals surface area contributed by atoms with Crippen molar-refractivity contribution in [3.63, 3.8) is 0 Å². The number of carbonyl (C=O) groups excluding carboxylic acids is 2. The molecule has 0 saturated carbocycles. The van der Waals surface area contributed by atoms with Gasteiger partial charge in [-0.3, -0.25) is 4.79 Å². The molecular formula is C24H25NO4. The van der Waals surface area contributed by atoms with Crippen molar-refractivity contribution in [2.24, 2.45) is 0 Å². The molecule has 29 heavy (non-hydrogen) atoms. The molecule has 3 rings (SSSR count). The van der Waals surface area contributed by atoms with E-state index in [-0.39, 0.29) is 12.4 Å². The lowest BCUT2D eigenvalue weighted by Crippen LogP contribution is -2.30. The molecule has 3 aromatic rings. The molecule has 0 bridgehead atoms. The zero-order valence-electron chi connectivity index (χ0n) is 16.9. The molecule has 0 saturated heterocycles. The van der Waals surface area contributed by atoms with E-state index in [4.69, 9.17) is 9.47 Å². The Labute approximate surface area is 170 Å². The number of benzene rings is 2. The minimum atomic E-state index is -0.748. The molecular weight excluding hydrogens is 366 g/mol. The van der Waals surface area contributed by atoms with Gasteiger partial charge >= 0.3 is 5.97 Å². The molecule has 0 spiro atoms. The van der Waals surface area contributed by atoms with Crippen LogP contribution in [0.2, 0.25) is 0 Å². The fraction of sp³-hybridized carbons (Fsp3) is 0.250. The quantitative estimate of drug-likeness (QED) is 0.413. The number of aromatic nitrogens is 1. The van der Waals surface area contributed by atoms with Gasteiger partial charge in [0.25, 0.3) is 0 Å². The number of esters is 1. The fourth-order valence-corrected chi connectivity index (χ4v) is 3.29. The largest absolute Gasteiger partial charge is 0.479 e. The topological polar surface area (TPSA) is 57.5 Å². The Bertz CT molecular complexity index is 977. The van der Waals surface area contributed by atoms with Crippen LogP contribution in [0.1, 0.15) is 35.1 Å². The second kappa shape index (κ2) is 9.24. The van der Waals surface area contributed by atoms with Crippen LogP contribution >= 0.6 is 0 Å². The Kier molecular flexibility index (Phi) is 6.50. The third-order valence-corrected chi connectivity index (χ3v) is 4.75. The van der Waals surface area contributed by atoms with Crippen LogP contribution in [0.3, 0.4) is 0 Å². The molecule has 0 aliphatic heterocycles. The molecule has 0 aliphatic carbocycles. The number of Topliss-reactive ketones (excluding diaryl/α,β-unsaturated/α-hetero) is 1. The molecule has 1 aromatic heterocycles. The van der Waals surface area contributed by atoms with Crippen molar-refractivity contribution in [2.75, 3.05) is 6.61 Å². The molecule has 0 fully saturated rings. The number of hydrogen-bond donors (Lipinski definition) is 0. The highest BCUT2D eigenvalue weighted by atomic mass is 16.6. The van der Waals surface area contributed by atoms with Crippen molar-refractivity contribution in [1.82, 2.24) is 4.57 Å². The van der Waals surface area contributed by atoms with Gasteiger partial charge in [-0.15, -0.1) is 0 Å². The normalized spacial score (nSPS) is 11.7. The van der Waals surface area contributed by atoms with Gasteiger partial charge in [-0.1, -0.05) is 43.3 Å². The summed E-state index contributed by atoms with van der Waals surface area (Å²) in [6, 6.07) is 20.8. The van der Waals surface area contributed by atoms with Gasteiger partial charge in [-0.2, -0.15) is 0 Å². The third kappa shape index (κ3) is 4.74. The number of ketones is 1. The third-order valence-electron chi connectivity index (χ3n) is 4.75. The average molecular weight is 391 g/mol. The van der Waals surface area contributed by atoms with Gasteiger partial charge in [0.1, 0.15) is 5.75 Å². The smallest absolute Gasteiger partial charge is 0.347 e. The maximum absolute atomic E-state index is 12.7. The summed E-state index contributed by atoms with van der Waals surface area (Å²) in [6.07, 6.45) is -0.299. The van der Waals surface area contributed by atoms with E-state index in [0.717, 1.165) is 17.1 Å². The summed E-state index contributed by atoms with van der Waals surface area (Å²) in [5.41, 5.74) is 3.31. The molecule has 0 radical (unpaired) electrons. The van der Waals surface area contributed by atoms with Crippen molar-refractivity contribution in [2.45, 2.75) is 33.3 Å². The van der Waals surface area contributed by atoms with Crippen LogP contribution in [0.5, 0.6) is 5.75 Å². The second-order valence-corrected chi connectivity index (χ2v) is 6.81. The predicted molar refractivity (Wildman–Crippen MR) is 112 cm³/mol. The van der Waals surface area contributed by atoms with Gasteiger partial charge in [0.15, 0.2) is 12.7 Å². The maximum atomic E-state index is 12.7. The van der Waals surface area contributed by atoms with E-state index < -0.39 is 12.1 Å². The van der Waals surface area contributed by atoms with Gasteiger partial charge in [0, 0.05) is 22.6 Å². The first-order chi connectivity index (χ1) is 14.0.